The Morgan fingerprint density at radius 1 is 1.29 bits per heavy atom. The summed E-state index contributed by atoms with van der Waals surface area (Å²) in [5, 5.41) is 0. The molecule has 0 fully saturated rings. The minimum atomic E-state index is -0.0795. The number of hydrogen-bond acceptors (Lipinski definition) is 0. The van der Waals surface area contributed by atoms with E-state index in [2.05, 4.69) is 20.8 Å². The lowest BCUT2D eigenvalue weighted by Gasteiger charge is -2.38. The van der Waals surface area contributed by atoms with Crippen molar-refractivity contribution in [2.45, 2.75) is 58.3 Å². The van der Waals surface area contributed by atoms with E-state index in [1.54, 1.807) is 12.1 Å². The second-order valence-corrected chi connectivity index (χ2v) is 5.67. The zero-order valence-electron chi connectivity index (χ0n) is 11.2. The van der Waals surface area contributed by atoms with Gasteiger partial charge in [-0.1, -0.05) is 33.3 Å². The molecule has 1 aromatic rings. The van der Waals surface area contributed by atoms with Crippen molar-refractivity contribution in [3.63, 3.8) is 0 Å². The number of benzene rings is 1. The van der Waals surface area contributed by atoms with Gasteiger partial charge in [0.05, 0.1) is 0 Å². The van der Waals surface area contributed by atoms with E-state index in [1.807, 2.05) is 6.07 Å². The second-order valence-electron chi connectivity index (χ2n) is 5.67. The first-order valence-corrected chi connectivity index (χ1v) is 6.89. The van der Waals surface area contributed by atoms with Crippen LogP contribution < -0.4 is 0 Å². The van der Waals surface area contributed by atoms with Gasteiger partial charge in [0, 0.05) is 0 Å². The van der Waals surface area contributed by atoms with Gasteiger partial charge in [0.2, 0.25) is 0 Å². The van der Waals surface area contributed by atoms with E-state index in [-0.39, 0.29) is 11.2 Å². The first-order valence-electron chi connectivity index (χ1n) is 6.89. The van der Waals surface area contributed by atoms with E-state index in [9.17, 15) is 4.39 Å². The third-order valence-corrected chi connectivity index (χ3v) is 4.66. The topological polar surface area (TPSA) is 0 Å². The Labute approximate surface area is 104 Å². The smallest absolute Gasteiger partial charge is 0.123 e. The molecule has 0 saturated heterocycles. The fourth-order valence-corrected chi connectivity index (χ4v) is 3.50. The fourth-order valence-electron chi connectivity index (χ4n) is 3.50. The Kier molecular flexibility index (Phi) is 3.56. The normalized spacial score (nSPS) is 24.5. The minimum Gasteiger partial charge on any atom is -0.207 e. The van der Waals surface area contributed by atoms with E-state index in [0.717, 1.165) is 12.8 Å². The number of hydrogen-bond donors (Lipinski definition) is 0. The van der Waals surface area contributed by atoms with Crippen LogP contribution in [0.4, 0.5) is 4.39 Å². The Bertz CT molecular complexity index is 395. The summed E-state index contributed by atoms with van der Waals surface area (Å²) in [7, 11) is 0. The molecule has 0 aliphatic heterocycles. The van der Waals surface area contributed by atoms with Crippen molar-refractivity contribution >= 4 is 0 Å². The molecule has 1 atom stereocenters. The summed E-state index contributed by atoms with van der Waals surface area (Å²) in [4.78, 5) is 0. The molecule has 1 aliphatic carbocycles. The average Bonchev–Trinajstić information content (AvgIpc) is 2.48. The van der Waals surface area contributed by atoms with Gasteiger partial charge in [-0.2, -0.15) is 0 Å². The molecule has 1 aromatic carbocycles. The van der Waals surface area contributed by atoms with Gasteiger partial charge in [-0.25, -0.2) is 4.39 Å². The molecule has 94 valence electrons. The van der Waals surface area contributed by atoms with Crippen LogP contribution in [-0.2, 0) is 11.8 Å². The minimum absolute atomic E-state index is 0.0795. The summed E-state index contributed by atoms with van der Waals surface area (Å²) >= 11 is 0. The standard InChI is InChI=1S/C16H23F/c1-4-16(12(2)3)10-6-5-7-13-8-9-14(17)11-15(13)16/h8-9,11-12H,4-7,10H2,1-3H3. The monoisotopic (exact) mass is 234 g/mol. The third-order valence-electron chi connectivity index (χ3n) is 4.66. The summed E-state index contributed by atoms with van der Waals surface area (Å²) in [5.41, 5.74) is 2.85. The van der Waals surface area contributed by atoms with Gasteiger partial charge in [-0.3, -0.25) is 0 Å². The van der Waals surface area contributed by atoms with Crippen LogP contribution in [-0.4, -0.2) is 0 Å². The van der Waals surface area contributed by atoms with Crippen LogP contribution in [0.25, 0.3) is 0 Å². The van der Waals surface area contributed by atoms with Crippen molar-refractivity contribution in [3.05, 3.63) is 35.1 Å². The molecule has 2 rings (SSSR count). The van der Waals surface area contributed by atoms with Crippen molar-refractivity contribution < 1.29 is 4.39 Å². The molecule has 1 heteroatoms. The highest BCUT2D eigenvalue weighted by molar-refractivity contribution is 5.36. The lowest BCUT2D eigenvalue weighted by atomic mass is 9.66. The van der Waals surface area contributed by atoms with Crippen molar-refractivity contribution in [3.8, 4) is 0 Å². The second kappa shape index (κ2) is 4.80. The third kappa shape index (κ3) is 2.12. The lowest BCUT2D eigenvalue weighted by Crippen LogP contribution is -2.32. The van der Waals surface area contributed by atoms with Crippen LogP contribution >= 0.6 is 0 Å². The molecule has 1 unspecified atom stereocenters. The predicted molar refractivity (Wildman–Crippen MR) is 70.8 cm³/mol. The molecule has 0 amide bonds. The van der Waals surface area contributed by atoms with Gasteiger partial charge in [0.25, 0.3) is 0 Å². The van der Waals surface area contributed by atoms with Crippen LogP contribution in [0.5, 0.6) is 0 Å². The first-order chi connectivity index (χ1) is 8.10. The van der Waals surface area contributed by atoms with Crippen molar-refractivity contribution in [2.75, 3.05) is 0 Å². The van der Waals surface area contributed by atoms with Gasteiger partial charge in [-0.15, -0.1) is 0 Å². The maximum atomic E-state index is 13.6. The molecule has 1 aliphatic rings. The van der Waals surface area contributed by atoms with Crippen LogP contribution in [0, 0.1) is 11.7 Å². The Balaban J connectivity index is 2.58. The Morgan fingerprint density at radius 3 is 2.71 bits per heavy atom. The molecule has 0 aromatic heterocycles. The average molecular weight is 234 g/mol. The Morgan fingerprint density at radius 2 is 2.06 bits per heavy atom. The summed E-state index contributed by atoms with van der Waals surface area (Å²) in [6.07, 6.45) is 5.94. The highest BCUT2D eigenvalue weighted by Crippen LogP contribution is 2.44. The predicted octanol–water partition coefficient (Wildman–Crippen LogP) is 4.86. The highest BCUT2D eigenvalue weighted by Gasteiger charge is 2.36. The number of halogens is 1. The summed E-state index contributed by atoms with van der Waals surface area (Å²) in [6, 6.07) is 5.41. The summed E-state index contributed by atoms with van der Waals surface area (Å²) < 4.78 is 13.6. The summed E-state index contributed by atoms with van der Waals surface area (Å²) in [5.74, 6) is 0.496. The fraction of sp³-hybridized carbons (Fsp3) is 0.625. The highest BCUT2D eigenvalue weighted by atomic mass is 19.1. The zero-order valence-corrected chi connectivity index (χ0v) is 11.2. The van der Waals surface area contributed by atoms with Crippen molar-refractivity contribution in [1.82, 2.24) is 0 Å². The molecule has 0 N–H and O–H groups in total. The van der Waals surface area contributed by atoms with Gasteiger partial charge in [0.15, 0.2) is 0 Å². The quantitative estimate of drug-likeness (QED) is 0.641. The molecule has 0 nitrogen and oxygen atoms in total. The van der Waals surface area contributed by atoms with Crippen LogP contribution in [0.2, 0.25) is 0 Å². The first kappa shape index (κ1) is 12.6. The SMILES string of the molecule is CCC1(C(C)C)CCCCc2ccc(F)cc21. The lowest BCUT2D eigenvalue weighted by molar-refractivity contribution is 0.269. The number of fused-ring (bicyclic) bond motifs is 1. The van der Waals surface area contributed by atoms with Crippen LogP contribution in [0.1, 0.15) is 57.6 Å². The van der Waals surface area contributed by atoms with Gasteiger partial charge < -0.3 is 0 Å². The number of aryl methyl sites for hydroxylation is 1. The van der Waals surface area contributed by atoms with Crippen molar-refractivity contribution in [2.24, 2.45) is 5.92 Å². The number of rotatable bonds is 2. The Hall–Kier alpha value is -0.850. The molecule has 0 radical (unpaired) electrons. The molecule has 0 saturated carbocycles. The van der Waals surface area contributed by atoms with Gasteiger partial charge in [-0.05, 0) is 60.3 Å². The summed E-state index contributed by atoms with van der Waals surface area (Å²) in [6.45, 7) is 6.81. The van der Waals surface area contributed by atoms with E-state index >= 15 is 0 Å². The van der Waals surface area contributed by atoms with E-state index in [1.165, 1.54) is 30.4 Å². The van der Waals surface area contributed by atoms with Crippen molar-refractivity contribution in [1.29, 1.82) is 0 Å². The molecule has 0 heterocycles. The molecular weight excluding hydrogens is 211 g/mol. The zero-order chi connectivity index (χ0) is 12.5. The van der Waals surface area contributed by atoms with E-state index < -0.39 is 0 Å². The maximum absolute atomic E-state index is 13.6. The maximum Gasteiger partial charge on any atom is 0.123 e. The van der Waals surface area contributed by atoms with Crippen LogP contribution in [0.3, 0.4) is 0 Å². The molecule has 0 bridgehead atoms. The molecule has 17 heavy (non-hydrogen) atoms. The largest absolute Gasteiger partial charge is 0.207 e. The van der Waals surface area contributed by atoms with Gasteiger partial charge >= 0.3 is 0 Å². The van der Waals surface area contributed by atoms with E-state index in [0.29, 0.717) is 5.92 Å². The molecular formula is C16H23F. The molecule has 0 spiro atoms. The van der Waals surface area contributed by atoms with E-state index in [4.69, 9.17) is 0 Å². The van der Waals surface area contributed by atoms with Gasteiger partial charge in [0.1, 0.15) is 5.82 Å². The van der Waals surface area contributed by atoms with Crippen LogP contribution in [0.15, 0.2) is 18.2 Å².